The summed E-state index contributed by atoms with van der Waals surface area (Å²) in [7, 11) is 0. The molecule has 0 saturated heterocycles. The van der Waals surface area contributed by atoms with Gasteiger partial charge in [-0.2, -0.15) is 0 Å². The smallest absolute Gasteiger partial charge is 0.226 e. The molecule has 1 amide bonds. The zero-order valence-corrected chi connectivity index (χ0v) is 12.7. The second kappa shape index (κ2) is 7.19. The van der Waals surface area contributed by atoms with Crippen LogP contribution in [0.3, 0.4) is 0 Å². The van der Waals surface area contributed by atoms with E-state index in [2.05, 4.69) is 29.1 Å². The van der Waals surface area contributed by atoms with Crippen LogP contribution < -0.4 is 5.32 Å². The van der Waals surface area contributed by atoms with Crippen molar-refractivity contribution < 1.29 is 4.79 Å². The van der Waals surface area contributed by atoms with Crippen molar-refractivity contribution >= 4 is 17.2 Å². The van der Waals surface area contributed by atoms with Gasteiger partial charge in [-0.25, -0.2) is 9.97 Å². The number of hydrogen-bond donors (Lipinski definition) is 1. The van der Waals surface area contributed by atoms with Crippen LogP contribution in [0.5, 0.6) is 0 Å². The van der Waals surface area contributed by atoms with E-state index in [1.54, 1.807) is 23.9 Å². The summed E-state index contributed by atoms with van der Waals surface area (Å²) in [6.07, 6.45) is 6.73. The molecule has 0 radical (unpaired) electrons. The number of carbonyl (C=O) groups is 1. The fourth-order valence-electron chi connectivity index (χ4n) is 1.80. The summed E-state index contributed by atoms with van der Waals surface area (Å²) in [5.74, 6) is 0.461. The van der Waals surface area contributed by atoms with Gasteiger partial charge in [0.05, 0.1) is 23.4 Å². The minimum Gasteiger partial charge on any atom is -0.356 e. The van der Waals surface area contributed by atoms with Gasteiger partial charge in [0.25, 0.3) is 0 Å². The van der Waals surface area contributed by atoms with Crippen LogP contribution >= 0.6 is 11.3 Å². The van der Waals surface area contributed by atoms with Crippen LogP contribution in [0.1, 0.15) is 36.9 Å². The maximum Gasteiger partial charge on any atom is 0.226 e. The molecule has 108 valence electrons. The summed E-state index contributed by atoms with van der Waals surface area (Å²) in [5, 5.41) is 5.99. The quantitative estimate of drug-likeness (QED) is 0.796. The molecule has 0 aliphatic rings. The lowest BCUT2D eigenvalue weighted by molar-refractivity contribution is -0.120. The molecule has 0 fully saturated rings. The number of aromatic nitrogens is 3. The first-order chi connectivity index (χ1) is 9.65. The number of rotatable bonds is 7. The van der Waals surface area contributed by atoms with E-state index in [9.17, 15) is 4.79 Å². The van der Waals surface area contributed by atoms with Gasteiger partial charge < -0.3 is 9.88 Å². The van der Waals surface area contributed by atoms with Gasteiger partial charge in [0.2, 0.25) is 5.91 Å². The summed E-state index contributed by atoms with van der Waals surface area (Å²) < 4.78 is 2.00. The minimum absolute atomic E-state index is 0.0382. The zero-order valence-electron chi connectivity index (χ0n) is 11.9. The van der Waals surface area contributed by atoms with E-state index in [-0.39, 0.29) is 5.91 Å². The van der Waals surface area contributed by atoms with Crippen molar-refractivity contribution in [3.63, 3.8) is 0 Å². The van der Waals surface area contributed by atoms with Crippen LogP contribution in [0, 0.1) is 0 Å². The lowest BCUT2D eigenvalue weighted by atomic mass is 10.2. The molecular formula is C14H20N4OS. The third-order valence-corrected chi connectivity index (χ3v) is 4.07. The molecule has 2 aromatic rings. The SMILES string of the molecule is CC(C)c1nc(CC(=O)NCCCn2ccnc2)cs1. The third kappa shape index (κ3) is 4.45. The maximum absolute atomic E-state index is 11.8. The first kappa shape index (κ1) is 14.7. The van der Waals surface area contributed by atoms with Gasteiger partial charge >= 0.3 is 0 Å². The van der Waals surface area contributed by atoms with Crippen molar-refractivity contribution in [2.75, 3.05) is 6.54 Å². The van der Waals surface area contributed by atoms with E-state index in [0.717, 1.165) is 23.7 Å². The molecule has 6 heteroatoms. The summed E-state index contributed by atoms with van der Waals surface area (Å²) in [4.78, 5) is 20.2. The molecule has 0 saturated carbocycles. The van der Waals surface area contributed by atoms with E-state index in [4.69, 9.17) is 0 Å². The van der Waals surface area contributed by atoms with E-state index >= 15 is 0 Å². The Labute approximate surface area is 123 Å². The largest absolute Gasteiger partial charge is 0.356 e. The number of hydrogen-bond acceptors (Lipinski definition) is 4. The number of imidazole rings is 1. The molecule has 2 heterocycles. The summed E-state index contributed by atoms with van der Waals surface area (Å²) >= 11 is 1.62. The molecule has 0 aliphatic heterocycles. The van der Waals surface area contributed by atoms with Gasteiger partial charge in [-0.1, -0.05) is 13.8 Å². The highest BCUT2D eigenvalue weighted by Crippen LogP contribution is 2.19. The molecule has 0 unspecified atom stereocenters. The Morgan fingerprint density at radius 2 is 2.35 bits per heavy atom. The summed E-state index contributed by atoms with van der Waals surface area (Å²) in [6, 6.07) is 0. The number of carbonyl (C=O) groups excluding carboxylic acids is 1. The van der Waals surface area contributed by atoms with Crippen molar-refractivity contribution in [2.45, 2.75) is 39.2 Å². The molecule has 0 aromatic carbocycles. The summed E-state index contributed by atoms with van der Waals surface area (Å²) in [6.45, 7) is 5.77. The highest BCUT2D eigenvalue weighted by atomic mass is 32.1. The van der Waals surface area contributed by atoms with Gasteiger partial charge in [-0.05, 0) is 6.42 Å². The Bertz CT molecular complexity index is 533. The first-order valence-corrected chi connectivity index (χ1v) is 7.70. The fraction of sp³-hybridized carbons (Fsp3) is 0.500. The normalized spacial score (nSPS) is 10.9. The van der Waals surface area contributed by atoms with Crippen molar-refractivity contribution in [3.05, 3.63) is 34.8 Å². The molecule has 0 spiro atoms. The number of aryl methyl sites for hydroxylation is 1. The number of amides is 1. The molecule has 0 bridgehead atoms. The molecule has 2 aromatic heterocycles. The monoisotopic (exact) mass is 292 g/mol. The van der Waals surface area contributed by atoms with Crippen molar-refractivity contribution in [3.8, 4) is 0 Å². The number of nitrogens with one attached hydrogen (secondary N) is 1. The lowest BCUT2D eigenvalue weighted by Gasteiger charge is -2.04. The molecule has 5 nitrogen and oxygen atoms in total. The topological polar surface area (TPSA) is 59.8 Å². The average Bonchev–Trinajstić information content (AvgIpc) is 3.05. The lowest BCUT2D eigenvalue weighted by Crippen LogP contribution is -2.26. The Kier molecular flexibility index (Phi) is 5.29. The van der Waals surface area contributed by atoms with Crippen LogP contribution in [0.15, 0.2) is 24.1 Å². The predicted octanol–water partition coefficient (Wildman–Crippen LogP) is 2.21. The van der Waals surface area contributed by atoms with E-state index < -0.39 is 0 Å². The van der Waals surface area contributed by atoms with Gasteiger partial charge in [0.15, 0.2) is 0 Å². The summed E-state index contributed by atoms with van der Waals surface area (Å²) in [5.41, 5.74) is 0.866. The Morgan fingerprint density at radius 1 is 1.50 bits per heavy atom. The Balaban J connectivity index is 1.67. The maximum atomic E-state index is 11.8. The first-order valence-electron chi connectivity index (χ1n) is 6.82. The van der Waals surface area contributed by atoms with Crippen LogP contribution in [0.4, 0.5) is 0 Å². The van der Waals surface area contributed by atoms with Crippen molar-refractivity contribution in [1.29, 1.82) is 0 Å². The zero-order chi connectivity index (χ0) is 14.4. The Morgan fingerprint density at radius 3 is 3.00 bits per heavy atom. The van der Waals surface area contributed by atoms with Gasteiger partial charge in [0, 0.05) is 36.8 Å². The Hall–Kier alpha value is -1.69. The van der Waals surface area contributed by atoms with Crippen molar-refractivity contribution in [2.24, 2.45) is 0 Å². The second-order valence-corrected chi connectivity index (χ2v) is 5.90. The van der Waals surface area contributed by atoms with E-state index in [1.165, 1.54) is 0 Å². The van der Waals surface area contributed by atoms with Crippen LogP contribution in [0.2, 0.25) is 0 Å². The van der Waals surface area contributed by atoms with Crippen LogP contribution in [0.25, 0.3) is 0 Å². The van der Waals surface area contributed by atoms with Gasteiger partial charge in [-0.15, -0.1) is 11.3 Å². The highest BCUT2D eigenvalue weighted by Gasteiger charge is 2.09. The molecule has 0 atom stereocenters. The third-order valence-electron chi connectivity index (χ3n) is 2.88. The number of thiazole rings is 1. The predicted molar refractivity (Wildman–Crippen MR) is 79.8 cm³/mol. The molecule has 1 N–H and O–H groups in total. The molecule has 0 aliphatic carbocycles. The highest BCUT2D eigenvalue weighted by molar-refractivity contribution is 7.09. The molecule has 20 heavy (non-hydrogen) atoms. The van der Waals surface area contributed by atoms with Crippen LogP contribution in [-0.4, -0.2) is 27.0 Å². The van der Waals surface area contributed by atoms with Crippen molar-refractivity contribution in [1.82, 2.24) is 19.9 Å². The second-order valence-electron chi connectivity index (χ2n) is 5.01. The molecule has 2 rings (SSSR count). The van der Waals surface area contributed by atoms with Crippen LogP contribution in [-0.2, 0) is 17.8 Å². The molecular weight excluding hydrogens is 272 g/mol. The van der Waals surface area contributed by atoms with Gasteiger partial charge in [-0.3, -0.25) is 4.79 Å². The average molecular weight is 292 g/mol. The standard InChI is InChI=1S/C14H20N4OS/c1-11(2)14-17-12(9-20-14)8-13(19)16-4-3-6-18-7-5-15-10-18/h5,7,9-11H,3-4,6,8H2,1-2H3,(H,16,19). The van der Waals surface area contributed by atoms with E-state index in [0.29, 0.717) is 18.9 Å². The number of nitrogens with zero attached hydrogens (tertiary/aromatic N) is 3. The fourth-order valence-corrected chi connectivity index (χ4v) is 2.64. The van der Waals surface area contributed by atoms with E-state index in [1.807, 2.05) is 16.1 Å². The minimum atomic E-state index is 0.0382. The van der Waals surface area contributed by atoms with Gasteiger partial charge in [0.1, 0.15) is 0 Å².